The number of nitrogens with one attached hydrogen (secondary N) is 1. The van der Waals surface area contributed by atoms with E-state index in [0.29, 0.717) is 15.8 Å². The summed E-state index contributed by atoms with van der Waals surface area (Å²) >= 11 is -1.94. The predicted octanol–water partition coefficient (Wildman–Crippen LogP) is 4.76. The number of para-hydroxylation sites is 1. The van der Waals surface area contributed by atoms with Crippen LogP contribution in [0, 0.1) is 6.92 Å². The maximum absolute atomic E-state index is 12.8. The Hall–Kier alpha value is -3.04. The van der Waals surface area contributed by atoms with Crippen molar-refractivity contribution in [1.82, 2.24) is 9.71 Å². The zero-order valence-corrected chi connectivity index (χ0v) is 15.7. The Balaban J connectivity index is 1.62. The molecular formula is C20H13F3N2O3S. The van der Waals surface area contributed by atoms with Crippen molar-refractivity contribution in [2.45, 2.75) is 18.0 Å². The van der Waals surface area contributed by atoms with E-state index in [9.17, 15) is 22.5 Å². The molecule has 5 nitrogen and oxygen atoms in total. The van der Waals surface area contributed by atoms with Crippen LogP contribution in [0.1, 0.15) is 21.8 Å². The minimum atomic E-state index is -4.52. The summed E-state index contributed by atoms with van der Waals surface area (Å²) < 4.78 is 58.7. The number of furan rings is 1. The lowest BCUT2D eigenvalue weighted by molar-refractivity contribution is -0.137. The number of carbonyl (C=O) groups excluding carboxylic acids is 1. The largest absolute Gasteiger partial charge is 0.588 e. The number of pyridine rings is 1. The fraction of sp³-hybridized carbons (Fsp3) is 0.100. The molecule has 2 aromatic heterocycles. The van der Waals surface area contributed by atoms with Gasteiger partial charge in [-0.3, -0.25) is 4.79 Å². The van der Waals surface area contributed by atoms with Crippen LogP contribution in [-0.2, 0) is 17.5 Å². The Morgan fingerprint density at radius 3 is 2.62 bits per heavy atom. The molecule has 0 bridgehead atoms. The molecule has 0 saturated carbocycles. The lowest BCUT2D eigenvalue weighted by Crippen LogP contribution is -2.30. The van der Waals surface area contributed by atoms with Crippen LogP contribution >= 0.6 is 0 Å². The summed E-state index contributed by atoms with van der Waals surface area (Å²) in [7, 11) is 0. The Morgan fingerprint density at radius 1 is 1.10 bits per heavy atom. The smallest absolute Gasteiger partial charge is 0.416 e. The normalized spacial score (nSPS) is 13.0. The van der Waals surface area contributed by atoms with E-state index in [-0.39, 0.29) is 11.3 Å². The van der Waals surface area contributed by atoms with Gasteiger partial charge in [0.1, 0.15) is 22.5 Å². The van der Waals surface area contributed by atoms with Crippen LogP contribution in [0.2, 0.25) is 0 Å². The summed E-state index contributed by atoms with van der Waals surface area (Å²) in [6.45, 7) is 1.79. The van der Waals surface area contributed by atoms with E-state index in [1.165, 1.54) is 12.1 Å². The van der Waals surface area contributed by atoms with Crippen molar-refractivity contribution in [3.63, 3.8) is 0 Å². The van der Waals surface area contributed by atoms with Crippen LogP contribution in [0.4, 0.5) is 13.2 Å². The first-order valence-electron chi connectivity index (χ1n) is 8.42. The number of benzene rings is 2. The molecule has 2 aromatic carbocycles. The maximum atomic E-state index is 12.8. The van der Waals surface area contributed by atoms with Gasteiger partial charge >= 0.3 is 12.1 Å². The second-order valence-electron chi connectivity index (χ2n) is 6.34. The van der Waals surface area contributed by atoms with Crippen molar-refractivity contribution in [2.24, 2.45) is 0 Å². The van der Waals surface area contributed by atoms with Gasteiger partial charge in [-0.15, -0.1) is 0 Å². The molecule has 0 radical (unpaired) electrons. The highest BCUT2D eigenvalue weighted by atomic mass is 32.2. The highest BCUT2D eigenvalue weighted by Crippen LogP contribution is 2.32. The fourth-order valence-electron chi connectivity index (χ4n) is 2.88. The van der Waals surface area contributed by atoms with Crippen LogP contribution in [0.15, 0.2) is 63.9 Å². The van der Waals surface area contributed by atoms with Crippen LogP contribution in [0.3, 0.4) is 0 Å². The van der Waals surface area contributed by atoms with Gasteiger partial charge in [-0.05, 0) is 37.3 Å². The fourth-order valence-corrected chi connectivity index (χ4v) is 3.80. The number of rotatable bonds is 3. The number of fused-ring (bicyclic) bond motifs is 2. The standard InChI is InChI=1S/C20H13F3N2O3S/c1-11-5-6-12-3-2-4-17(18(12)24-11)29(27)25-19(26)16-9-13-7-8-14(20(21,22)23)10-15(13)28-16/h2-10H,1H3,(H,25,26). The molecule has 0 fully saturated rings. The average Bonchev–Trinajstić information content (AvgIpc) is 3.10. The van der Waals surface area contributed by atoms with Crippen LogP contribution in [0.25, 0.3) is 21.9 Å². The minimum absolute atomic E-state index is 0.0850. The molecule has 29 heavy (non-hydrogen) atoms. The first-order chi connectivity index (χ1) is 13.7. The summed E-state index contributed by atoms with van der Waals surface area (Å²) in [5.74, 6) is -1.05. The van der Waals surface area contributed by atoms with Gasteiger partial charge in [-0.1, -0.05) is 24.3 Å². The second-order valence-corrected chi connectivity index (χ2v) is 7.52. The third-order valence-corrected chi connectivity index (χ3v) is 5.38. The zero-order valence-electron chi connectivity index (χ0n) is 14.9. The number of nitrogens with zero attached hydrogens (tertiary/aromatic N) is 1. The minimum Gasteiger partial charge on any atom is -0.588 e. The van der Waals surface area contributed by atoms with Gasteiger partial charge < -0.3 is 8.97 Å². The Bertz CT molecular complexity index is 1240. The molecule has 0 aliphatic carbocycles. The van der Waals surface area contributed by atoms with Crippen LogP contribution < -0.4 is 4.72 Å². The number of halogens is 3. The third-order valence-electron chi connectivity index (χ3n) is 4.28. The van der Waals surface area contributed by atoms with E-state index in [2.05, 4.69) is 9.71 Å². The molecule has 1 N–H and O–H groups in total. The molecule has 2 heterocycles. The summed E-state index contributed by atoms with van der Waals surface area (Å²) in [6.07, 6.45) is -4.52. The van der Waals surface area contributed by atoms with E-state index in [1.54, 1.807) is 19.1 Å². The van der Waals surface area contributed by atoms with Crippen molar-refractivity contribution in [3.05, 3.63) is 71.6 Å². The molecule has 4 rings (SSSR count). The van der Waals surface area contributed by atoms with E-state index in [1.807, 2.05) is 18.2 Å². The van der Waals surface area contributed by atoms with Crippen LogP contribution in [-0.4, -0.2) is 15.4 Å². The zero-order chi connectivity index (χ0) is 20.8. The van der Waals surface area contributed by atoms with Crippen LogP contribution in [0.5, 0.6) is 0 Å². The summed E-state index contributed by atoms with van der Waals surface area (Å²) in [5.41, 5.74) is 0.252. The van der Waals surface area contributed by atoms with Gasteiger partial charge in [0.25, 0.3) is 0 Å². The quantitative estimate of drug-likeness (QED) is 0.487. The lowest BCUT2D eigenvalue weighted by atomic mass is 10.1. The maximum Gasteiger partial charge on any atom is 0.416 e. The topological polar surface area (TPSA) is 78.2 Å². The van der Waals surface area contributed by atoms with Crippen molar-refractivity contribution in [2.75, 3.05) is 0 Å². The van der Waals surface area contributed by atoms with Gasteiger partial charge in [-0.2, -0.15) is 17.9 Å². The van der Waals surface area contributed by atoms with Gasteiger partial charge in [-0.25, -0.2) is 4.98 Å². The molecule has 0 saturated heterocycles. The van der Waals surface area contributed by atoms with Crippen molar-refractivity contribution >= 4 is 39.1 Å². The number of alkyl halides is 3. The van der Waals surface area contributed by atoms with E-state index >= 15 is 0 Å². The number of aryl methyl sites for hydroxylation is 1. The number of aromatic nitrogens is 1. The third kappa shape index (κ3) is 3.79. The van der Waals surface area contributed by atoms with Gasteiger partial charge in [0, 0.05) is 16.5 Å². The molecule has 9 heteroatoms. The van der Waals surface area contributed by atoms with E-state index < -0.39 is 29.0 Å². The second kappa shape index (κ2) is 7.09. The molecule has 148 valence electrons. The number of amides is 1. The molecule has 0 aliphatic heterocycles. The van der Waals surface area contributed by atoms with Crippen molar-refractivity contribution < 1.29 is 26.9 Å². The predicted molar refractivity (Wildman–Crippen MR) is 102 cm³/mol. The SMILES string of the molecule is Cc1ccc2cccc([S+]([O-])NC(=O)c3cc4ccc(C(F)(F)F)cc4o3)c2n1. The number of hydrogen-bond acceptors (Lipinski definition) is 4. The molecule has 1 unspecified atom stereocenters. The molecule has 0 spiro atoms. The molecule has 1 atom stereocenters. The highest BCUT2D eigenvalue weighted by molar-refractivity contribution is 7.90. The Morgan fingerprint density at radius 2 is 1.86 bits per heavy atom. The first kappa shape index (κ1) is 19.3. The van der Waals surface area contributed by atoms with Gasteiger partial charge in [0.05, 0.1) is 5.56 Å². The van der Waals surface area contributed by atoms with Gasteiger partial charge in [0.15, 0.2) is 5.76 Å². The highest BCUT2D eigenvalue weighted by Gasteiger charge is 2.31. The Labute approximate surface area is 165 Å². The monoisotopic (exact) mass is 418 g/mol. The summed E-state index contributed by atoms with van der Waals surface area (Å²) in [4.78, 5) is 17.1. The summed E-state index contributed by atoms with van der Waals surface area (Å²) in [6, 6.07) is 13.0. The first-order valence-corrected chi connectivity index (χ1v) is 9.57. The molecule has 0 aliphatic rings. The van der Waals surface area contributed by atoms with E-state index in [4.69, 9.17) is 4.42 Å². The molecule has 4 aromatic rings. The van der Waals surface area contributed by atoms with Crippen molar-refractivity contribution in [1.29, 1.82) is 0 Å². The lowest BCUT2D eigenvalue weighted by Gasteiger charge is -2.11. The molecule has 1 amide bonds. The molecular weight excluding hydrogens is 405 g/mol. The van der Waals surface area contributed by atoms with Gasteiger partial charge in [0.2, 0.25) is 4.90 Å². The van der Waals surface area contributed by atoms with Crippen molar-refractivity contribution in [3.8, 4) is 0 Å². The number of hydrogen-bond donors (Lipinski definition) is 1. The number of carbonyl (C=O) groups is 1. The summed E-state index contributed by atoms with van der Waals surface area (Å²) in [5, 5.41) is 1.09. The average molecular weight is 418 g/mol. The Kier molecular flexibility index (Phi) is 4.71. The van der Waals surface area contributed by atoms with E-state index in [0.717, 1.165) is 23.2 Å².